The highest BCUT2D eigenvalue weighted by Gasteiger charge is 2.16. The van der Waals surface area contributed by atoms with Crippen molar-refractivity contribution in [3.63, 3.8) is 0 Å². The Kier molecular flexibility index (Phi) is 5.99. The van der Waals surface area contributed by atoms with Gasteiger partial charge in [0.2, 0.25) is 5.91 Å². The fourth-order valence-electron chi connectivity index (χ4n) is 3.02. The summed E-state index contributed by atoms with van der Waals surface area (Å²) in [6, 6.07) is 13.4. The third-order valence-corrected chi connectivity index (χ3v) is 4.73. The van der Waals surface area contributed by atoms with Crippen LogP contribution in [0.1, 0.15) is 42.3 Å². The molecule has 0 saturated carbocycles. The molecule has 28 heavy (non-hydrogen) atoms. The van der Waals surface area contributed by atoms with Crippen LogP contribution in [-0.4, -0.2) is 20.9 Å². The third kappa shape index (κ3) is 4.52. The van der Waals surface area contributed by atoms with Crippen LogP contribution in [0.25, 0.3) is 11.5 Å². The summed E-state index contributed by atoms with van der Waals surface area (Å²) in [5.41, 5.74) is 3.44. The maximum Gasteiger partial charge on any atom is 0.255 e. The molecule has 3 aromatic rings. The minimum atomic E-state index is -0.316. The molecule has 0 saturated heterocycles. The van der Waals surface area contributed by atoms with Gasteiger partial charge in [-0.2, -0.15) is 0 Å². The van der Waals surface area contributed by atoms with Crippen LogP contribution in [0.3, 0.4) is 0 Å². The lowest BCUT2D eigenvalue weighted by molar-refractivity contribution is -0.121. The van der Waals surface area contributed by atoms with Crippen molar-refractivity contribution in [3.8, 4) is 11.5 Å². The molecule has 144 valence electrons. The Balaban J connectivity index is 1.72. The second-order valence-electron chi connectivity index (χ2n) is 6.75. The first-order valence-corrected chi connectivity index (χ1v) is 9.37. The molecule has 3 rings (SSSR count). The summed E-state index contributed by atoms with van der Waals surface area (Å²) in [6.07, 6.45) is 2.60. The first kappa shape index (κ1) is 19.5. The van der Waals surface area contributed by atoms with Gasteiger partial charge in [0.25, 0.3) is 5.56 Å². The second-order valence-corrected chi connectivity index (χ2v) is 6.75. The molecule has 0 aliphatic rings. The third-order valence-electron chi connectivity index (χ3n) is 4.73. The van der Waals surface area contributed by atoms with Crippen LogP contribution in [0.4, 0.5) is 0 Å². The fraction of sp³-hybridized carbons (Fsp3) is 0.273. The maximum absolute atomic E-state index is 12.5. The Hall–Kier alpha value is -3.28. The van der Waals surface area contributed by atoms with E-state index in [0.29, 0.717) is 22.8 Å². The number of aromatic amines is 1. The molecule has 0 radical (unpaired) electrons. The Morgan fingerprint density at radius 1 is 1.18 bits per heavy atom. The van der Waals surface area contributed by atoms with Gasteiger partial charge in [0, 0.05) is 17.5 Å². The molecule has 0 bridgehead atoms. The van der Waals surface area contributed by atoms with Gasteiger partial charge in [-0.25, -0.2) is 4.98 Å². The van der Waals surface area contributed by atoms with E-state index in [2.05, 4.69) is 39.3 Å². The number of nitrogens with one attached hydrogen (secondary N) is 2. The van der Waals surface area contributed by atoms with E-state index < -0.39 is 0 Å². The Morgan fingerprint density at radius 2 is 1.93 bits per heavy atom. The smallest absolute Gasteiger partial charge is 0.255 e. The second kappa shape index (κ2) is 8.61. The van der Waals surface area contributed by atoms with Gasteiger partial charge < -0.3 is 10.3 Å². The van der Waals surface area contributed by atoms with E-state index in [-0.39, 0.29) is 23.9 Å². The standard InChI is InChI=1S/C22H24N4O2/c1-4-16-8-10-17(11-9-16)14(2)24-20(27)13-18-15(3)25-21(26-22(18)28)19-7-5-6-12-23-19/h5-12,14H,4,13H2,1-3H3,(H,24,27)(H,25,26,28). The van der Waals surface area contributed by atoms with E-state index >= 15 is 0 Å². The normalized spacial score (nSPS) is 11.8. The molecule has 1 aromatic carbocycles. The Labute approximate surface area is 164 Å². The average Bonchev–Trinajstić information content (AvgIpc) is 2.71. The van der Waals surface area contributed by atoms with Crippen molar-refractivity contribution < 1.29 is 4.79 Å². The van der Waals surface area contributed by atoms with E-state index in [0.717, 1.165) is 12.0 Å². The molecule has 6 nitrogen and oxygen atoms in total. The number of aryl methyl sites for hydroxylation is 2. The van der Waals surface area contributed by atoms with E-state index in [1.165, 1.54) is 5.56 Å². The number of carbonyl (C=O) groups excluding carboxylic acids is 1. The summed E-state index contributed by atoms with van der Waals surface area (Å²) in [6.45, 7) is 5.77. The summed E-state index contributed by atoms with van der Waals surface area (Å²) in [4.78, 5) is 36.3. The number of carbonyl (C=O) groups is 1. The highest BCUT2D eigenvalue weighted by Crippen LogP contribution is 2.15. The zero-order valence-corrected chi connectivity index (χ0v) is 16.3. The SMILES string of the molecule is CCc1ccc(C(C)NC(=O)Cc2c(C)nc(-c3ccccn3)[nH]c2=O)cc1. The lowest BCUT2D eigenvalue weighted by Crippen LogP contribution is -2.31. The number of pyridine rings is 1. The number of rotatable bonds is 6. The lowest BCUT2D eigenvalue weighted by Gasteiger charge is -2.15. The van der Waals surface area contributed by atoms with E-state index in [4.69, 9.17) is 0 Å². The van der Waals surface area contributed by atoms with Crippen molar-refractivity contribution >= 4 is 5.91 Å². The first-order valence-electron chi connectivity index (χ1n) is 9.37. The number of hydrogen-bond donors (Lipinski definition) is 2. The molecule has 1 unspecified atom stereocenters. The predicted octanol–water partition coefficient (Wildman–Crippen LogP) is 3.12. The van der Waals surface area contributed by atoms with Crippen LogP contribution in [-0.2, 0) is 17.6 Å². The van der Waals surface area contributed by atoms with Crippen molar-refractivity contribution in [1.29, 1.82) is 0 Å². The molecule has 0 spiro atoms. The zero-order valence-electron chi connectivity index (χ0n) is 16.3. The fourth-order valence-corrected chi connectivity index (χ4v) is 3.02. The van der Waals surface area contributed by atoms with Crippen molar-refractivity contribution in [2.24, 2.45) is 0 Å². The molecular weight excluding hydrogens is 352 g/mol. The Bertz CT molecular complexity index is 1010. The van der Waals surface area contributed by atoms with Crippen LogP contribution >= 0.6 is 0 Å². The molecule has 1 amide bonds. The van der Waals surface area contributed by atoms with Gasteiger partial charge in [-0.1, -0.05) is 37.3 Å². The van der Waals surface area contributed by atoms with Crippen LogP contribution in [0, 0.1) is 6.92 Å². The maximum atomic E-state index is 12.5. The van der Waals surface area contributed by atoms with Gasteiger partial charge in [0.1, 0.15) is 5.69 Å². The monoisotopic (exact) mass is 376 g/mol. The van der Waals surface area contributed by atoms with Gasteiger partial charge in [-0.3, -0.25) is 14.6 Å². The van der Waals surface area contributed by atoms with Crippen LogP contribution in [0.15, 0.2) is 53.5 Å². The van der Waals surface area contributed by atoms with Gasteiger partial charge >= 0.3 is 0 Å². The van der Waals surface area contributed by atoms with Gasteiger partial charge in [-0.15, -0.1) is 0 Å². The minimum absolute atomic E-state index is 0.0198. The Morgan fingerprint density at radius 3 is 2.54 bits per heavy atom. The molecule has 6 heteroatoms. The molecule has 2 heterocycles. The highest BCUT2D eigenvalue weighted by atomic mass is 16.2. The molecule has 1 atom stereocenters. The number of H-pyrrole nitrogens is 1. The topological polar surface area (TPSA) is 87.7 Å². The zero-order chi connectivity index (χ0) is 20.1. The summed E-state index contributed by atoms with van der Waals surface area (Å²) in [5.74, 6) is 0.185. The number of benzene rings is 1. The van der Waals surface area contributed by atoms with Gasteiger partial charge in [0.05, 0.1) is 12.5 Å². The highest BCUT2D eigenvalue weighted by molar-refractivity contribution is 5.79. The summed E-state index contributed by atoms with van der Waals surface area (Å²) in [5, 5.41) is 2.95. The van der Waals surface area contributed by atoms with Crippen molar-refractivity contribution in [2.75, 3.05) is 0 Å². The molecule has 2 aromatic heterocycles. The van der Waals surface area contributed by atoms with Crippen molar-refractivity contribution in [2.45, 2.75) is 39.7 Å². The van der Waals surface area contributed by atoms with Crippen LogP contribution in [0.5, 0.6) is 0 Å². The molecule has 2 N–H and O–H groups in total. The number of amides is 1. The minimum Gasteiger partial charge on any atom is -0.349 e. The number of hydrogen-bond acceptors (Lipinski definition) is 4. The molecular formula is C22H24N4O2. The van der Waals surface area contributed by atoms with E-state index in [1.807, 2.05) is 25.1 Å². The van der Waals surface area contributed by atoms with Crippen LogP contribution in [0.2, 0.25) is 0 Å². The predicted molar refractivity (Wildman–Crippen MR) is 109 cm³/mol. The summed E-state index contributed by atoms with van der Waals surface area (Å²) >= 11 is 0. The first-order chi connectivity index (χ1) is 13.5. The molecule has 0 aliphatic heterocycles. The number of nitrogens with zero attached hydrogens (tertiary/aromatic N) is 2. The van der Waals surface area contributed by atoms with E-state index in [9.17, 15) is 9.59 Å². The van der Waals surface area contributed by atoms with Crippen LogP contribution < -0.4 is 10.9 Å². The lowest BCUT2D eigenvalue weighted by atomic mass is 10.0. The number of aromatic nitrogens is 3. The van der Waals surface area contributed by atoms with E-state index in [1.54, 1.807) is 25.3 Å². The van der Waals surface area contributed by atoms with Gasteiger partial charge in [-0.05, 0) is 43.5 Å². The summed E-state index contributed by atoms with van der Waals surface area (Å²) in [7, 11) is 0. The average molecular weight is 376 g/mol. The molecule has 0 fully saturated rings. The molecule has 0 aliphatic carbocycles. The summed E-state index contributed by atoms with van der Waals surface area (Å²) < 4.78 is 0. The van der Waals surface area contributed by atoms with Crippen molar-refractivity contribution in [1.82, 2.24) is 20.3 Å². The quantitative estimate of drug-likeness (QED) is 0.692. The van der Waals surface area contributed by atoms with Gasteiger partial charge in [0.15, 0.2) is 5.82 Å². The largest absolute Gasteiger partial charge is 0.349 e. The van der Waals surface area contributed by atoms with Crippen molar-refractivity contribution in [3.05, 3.63) is 81.4 Å².